The third-order valence-corrected chi connectivity index (χ3v) is 6.89. The molecule has 180 valence electrons. The van der Waals surface area contributed by atoms with Crippen LogP contribution >= 0.6 is 0 Å². The van der Waals surface area contributed by atoms with Gasteiger partial charge in [0.2, 0.25) is 11.8 Å². The van der Waals surface area contributed by atoms with E-state index in [2.05, 4.69) is 5.32 Å². The number of methoxy groups -OCH3 is 1. The molecule has 0 aromatic heterocycles. The van der Waals surface area contributed by atoms with E-state index in [9.17, 15) is 18.0 Å². The van der Waals surface area contributed by atoms with Crippen molar-refractivity contribution in [3.63, 3.8) is 0 Å². The van der Waals surface area contributed by atoms with Crippen LogP contribution in [0.25, 0.3) is 0 Å². The Morgan fingerprint density at radius 3 is 2.30 bits per heavy atom. The maximum atomic E-state index is 13.5. The molecule has 2 rings (SSSR count). The van der Waals surface area contributed by atoms with Crippen LogP contribution in [0, 0.1) is 0 Å². The summed E-state index contributed by atoms with van der Waals surface area (Å²) in [5.74, 6) is -0.215. The first-order valence-electron chi connectivity index (χ1n) is 10.6. The molecular weight excluding hydrogens is 444 g/mol. The maximum absolute atomic E-state index is 13.5. The van der Waals surface area contributed by atoms with Crippen LogP contribution in [0.5, 0.6) is 5.75 Å². The summed E-state index contributed by atoms with van der Waals surface area (Å²) < 4.78 is 33.4. The number of para-hydroxylation sites is 1. The molecule has 10 heteroatoms. The number of likely N-dealkylation sites (N-methyl/N-ethyl adjacent to an activating group) is 1. The fourth-order valence-electron chi connectivity index (χ4n) is 3.18. The summed E-state index contributed by atoms with van der Waals surface area (Å²) in [6.45, 7) is 3.47. The Hall–Kier alpha value is -3.11. The monoisotopic (exact) mass is 476 g/mol. The first kappa shape index (κ1) is 26.1. The molecule has 0 aliphatic carbocycles. The van der Waals surface area contributed by atoms with Crippen molar-refractivity contribution < 1.29 is 22.7 Å². The molecule has 2 amide bonds. The van der Waals surface area contributed by atoms with Crippen molar-refractivity contribution in [2.75, 3.05) is 38.6 Å². The molecule has 9 nitrogen and oxygen atoms in total. The summed E-state index contributed by atoms with van der Waals surface area (Å²) in [5, 5.41) is 2.72. The van der Waals surface area contributed by atoms with Crippen LogP contribution in [0.15, 0.2) is 54.6 Å². The number of nitrogens with one attached hydrogen (secondary N) is 1. The van der Waals surface area contributed by atoms with E-state index in [1.807, 2.05) is 6.07 Å². The number of amides is 2. The number of ether oxygens (including phenoxy) is 1. The number of carbonyl (C=O) groups is 2. The zero-order chi connectivity index (χ0) is 24.6. The van der Waals surface area contributed by atoms with Crippen molar-refractivity contribution in [2.45, 2.75) is 26.4 Å². The summed E-state index contributed by atoms with van der Waals surface area (Å²) in [5.41, 5.74) is 1.10. The van der Waals surface area contributed by atoms with Gasteiger partial charge in [-0.3, -0.25) is 9.59 Å². The number of nitrogens with zero attached hydrogens (tertiary/aromatic N) is 3. The molecule has 0 heterocycles. The van der Waals surface area contributed by atoms with E-state index in [1.165, 1.54) is 19.0 Å². The minimum Gasteiger partial charge on any atom is -0.497 e. The molecule has 0 bridgehead atoms. The second kappa shape index (κ2) is 11.7. The predicted molar refractivity (Wildman–Crippen MR) is 128 cm³/mol. The van der Waals surface area contributed by atoms with Gasteiger partial charge < -0.3 is 15.0 Å². The molecule has 0 saturated carbocycles. The Labute approximate surface area is 196 Å². The lowest BCUT2D eigenvalue weighted by Crippen LogP contribution is -2.52. The molecule has 2 aromatic rings. The molecule has 1 atom stereocenters. The number of benzene rings is 2. The third-order valence-electron chi connectivity index (χ3n) is 5.07. The normalized spacial score (nSPS) is 12.2. The molecule has 1 N–H and O–H groups in total. The minimum absolute atomic E-state index is 0.110. The lowest BCUT2D eigenvalue weighted by atomic mass is 10.1. The highest BCUT2D eigenvalue weighted by Crippen LogP contribution is 2.21. The number of carbonyl (C=O) groups excluding carboxylic acids is 2. The molecule has 0 radical (unpaired) electrons. The SMILES string of the molecule is CCNC(=O)[C@@H](C)N(Cc1cccc(OC)c1)C(=O)CN(c1ccccc1)S(=O)(=O)N(C)C. The summed E-state index contributed by atoms with van der Waals surface area (Å²) in [7, 11) is 0.391. The molecule has 0 spiro atoms. The number of hydrogen-bond acceptors (Lipinski definition) is 5. The van der Waals surface area contributed by atoms with Gasteiger partial charge in [0.1, 0.15) is 18.3 Å². The number of anilines is 1. The van der Waals surface area contributed by atoms with E-state index in [-0.39, 0.29) is 12.5 Å². The maximum Gasteiger partial charge on any atom is 0.304 e. The lowest BCUT2D eigenvalue weighted by Gasteiger charge is -2.32. The Morgan fingerprint density at radius 2 is 1.73 bits per heavy atom. The molecule has 33 heavy (non-hydrogen) atoms. The molecule has 2 aromatic carbocycles. The van der Waals surface area contributed by atoms with Gasteiger partial charge in [0.25, 0.3) is 0 Å². The first-order chi connectivity index (χ1) is 15.6. The highest BCUT2D eigenvalue weighted by molar-refractivity contribution is 7.90. The second-order valence-corrected chi connectivity index (χ2v) is 9.64. The van der Waals surface area contributed by atoms with Crippen molar-refractivity contribution in [1.29, 1.82) is 0 Å². The molecule has 0 saturated heterocycles. The molecular formula is C23H32N4O5S. The van der Waals surface area contributed by atoms with Crippen molar-refractivity contribution in [3.05, 3.63) is 60.2 Å². The van der Waals surface area contributed by atoms with Crippen LogP contribution in [0.3, 0.4) is 0 Å². The Morgan fingerprint density at radius 1 is 1.06 bits per heavy atom. The number of rotatable bonds is 11. The van der Waals surface area contributed by atoms with Crippen LogP contribution in [0.4, 0.5) is 5.69 Å². The van der Waals surface area contributed by atoms with Crippen molar-refractivity contribution in [3.8, 4) is 5.75 Å². The predicted octanol–water partition coefficient (Wildman–Crippen LogP) is 1.86. The second-order valence-electron chi connectivity index (χ2n) is 7.58. The van der Waals surface area contributed by atoms with Crippen LogP contribution in [0.1, 0.15) is 19.4 Å². The third kappa shape index (κ3) is 6.69. The van der Waals surface area contributed by atoms with Gasteiger partial charge in [-0.05, 0) is 43.7 Å². The fourth-order valence-corrected chi connectivity index (χ4v) is 4.24. The topological polar surface area (TPSA) is 99.3 Å². The van der Waals surface area contributed by atoms with Crippen molar-refractivity contribution in [2.24, 2.45) is 0 Å². The zero-order valence-corrected chi connectivity index (χ0v) is 20.5. The summed E-state index contributed by atoms with van der Waals surface area (Å²) in [6.07, 6.45) is 0. The summed E-state index contributed by atoms with van der Waals surface area (Å²) >= 11 is 0. The lowest BCUT2D eigenvalue weighted by molar-refractivity contribution is -0.139. The van der Waals surface area contributed by atoms with E-state index < -0.39 is 28.7 Å². The molecule has 0 aliphatic rings. The van der Waals surface area contributed by atoms with E-state index in [4.69, 9.17) is 4.74 Å². The van der Waals surface area contributed by atoms with E-state index in [1.54, 1.807) is 69.5 Å². The quantitative estimate of drug-likeness (QED) is 0.534. The van der Waals surface area contributed by atoms with Gasteiger partial charge in [0.15, 0.2) is 0 Å². The highest BCUT2D eigenvalue weighted by atomic mass is 32.2. The summed E-state index contributed by atoms with van der Waals surface area (Å²) in [4.78, 5) is 27.5. The van der Waals surface area contributed by atoms with Gasteiger partial charge >= 0.3 is 10.2 Å². The fraction of sp³-hybridized carbons (Fsp3) is 0.391. The Bertz CT molecular complexity index is 1040. The van der Waals surface area contributed by atoms with Crippen molar-refractivity contribution >= 4 is 27.7 Å². The molecule has 0 unspecified atom stereocenters. The van der Waals surface area contributed by atoms with E-state index >= 15 is 0 Å². The Kier molecular flexibility index (Phi) is 9.24. The van der Waals surface area contributed by atoms with Gasteiger partial charge in [-0.15, -0.1) is 0 Å². The van der Waals surface area contributed by atoms with Gasteiger partial charge in [-0.1, -0.05) is 30.3 Å². The van der Waals surface area contributed by atoms with E-state index in [0.717, 1.165) is 14.2 Å². The van der Waals surface area contributed by atoms with Crippen LogP contribution in [-0.4, -0.2) is 69.8 Å². The van der Waals surface area contributed by atoms with Gasteiger partial charge in [0, 0.05) is 27.2 Å². The summed E-state index contributed by atoms with van der Waals surface area (Å²) in [6, 6.07) is 14.7. The highest BCUT2D eigenvalue weighted by Gasteiger charge is 2.32. The van der Waals surface area contributed by atoms with E-state index in [0.29, 0.717) is 18.0 Å². The minimum atomic E-state index is -3.96. The van der Waals surface area contributed by atoms with Gasteiger partial charge in [-0.25, -0.2) is 4.31 Å². The first-order valence-corrected chi connectivity index (χ1v) is 12.0. The van der Waals surface area contributed by atoms with Crippen LogP contribution in [-0.2, 0) is 26.3 Å². The molecule has 0 fully saturated rings. The zero-order valence-electron chi connectivity index (χ0n) is 19.7. The molecule has 0 aliphatic heterocycles. The smallest absolute Gasteiger partial charge is 0.304 e. The largest absolute Gasteiger partial charge is 0.497 e. The van der Waals surface area contributed by atoms with Crippen LogP contribution < -0.4 is 14.4 Å². The Balaban J connectivity index is 2.43. The number of hydrogen-bond donors (Lipinski definition) is 1. The van der Waals surface area contributed by atoms with Gasteiger partial charge in [0.05, 0.1) is 12.8 Å². The standard InChI is InChI=1S/C23H32N4O5S/c1-6-24-23(29)18(2)26(16-19-11-10-14-21(15-19)32-5)22(28)17-27(33(30,31)25(3)4)20-12-8-7-9-13-20/h7-15,18H,6,16-17H2,1-5H3,(H,24,29)/t18-/m1/s1. The average molecular weight is 477 g/mol. The average Bonchev–Trinajstić information content (AvgIpc) is 2.81. The van der Waals surface area contributed by atoms with Crippen molar-refractivity contribution in [1.82, 2.24) is 14.5 Å². The van der Waals surface area contributed by atoms with Crippen LogP contribution in [0.2, 0.25) is 0 Å². The van der Waals surface area contributed by atoms with Gasteiger partial charge in [-0.2, -0.15) is 12.7 Å².